The summed E-state index contributed by atoms with van der Waals surface area (Å²) >= 11 is 2.98. The highest BCUT2D eigenvalue weighted by Gasteiger charge is 2.22. The van der Waals surface area contributed by atoms with Crippen LogP contribution in [-0.2, 0) is 17.6 Å². The van der Waals surface area contributed by atoms with Crippen molar-refractivity contribution in [2.24, 2.45) is 0 Å². The molecule has 1 amide bonds. The molecule has 1 aliphatic carbocycles. The molecule has 5 nitrogen and oxygen atoms in total. The summed E-state index contributed by atoms with van der Waals surface area (Å²) in [4.78, 5) is 34.2. The van der Waals surface area contributed by atoms with E-state index in [-0.39, 0.29) is 17.2 Å². The number of thiophene rings is 1. The first-order valence-corrected chi connectivity index (χ1v) is 11.3. The van der Waals surface area contributed by atoms with Crippen LogP contribution in [0.3, 0.4) is 0 Å². The molecule has 28 heavy (non-hydrogen) atoms. The van der Waals surface area contributed by atoms with Crippen LogP contribution in [0.5, 0.6) is 0 Å². The molecule has 0 saturated carbocycles. The van der Waals surface area contributed by atoms with E-state index in [4.69, 9.17) is 4.98 Å². The molecule has 0 spiro atoms. The van der Waals surface area contributed by atoms with Crippen LogP contribution >= 0.6 is 23.1 Å². The molecule has 1 aromatic carbocycles. The van der Waals surface area contributed by atoms with Gasteiger partial charge in [-0.3, -0.25) is 14.2 Å². The molecule has 4 rings (SSSR count). The van der Waals surface area contributed by atoms with E-state index in [9.17, 15) is 9.59 Å². The summed E-state index contributed by atoms with van der Waals surface area (Å²) in [6.45, 7) is 0. The van der Waals surface area contributed by atoms with Gasteiger partial charge in [0.05, 0.1) is 16.8 Å². The zero-order chi connectivity index (χ0) is 19.7. The van der Waals surface area contributed by atoms with Crippen molar-refractivity contribution >= 4 is 39.2 Å². The third-order valence-electron chi connectivity index (χ3n) is 5.05. The first-order valence-electron chi connectivity index (χ1n) is 9.52. The minimum atomic E-state index is -0.0181. The van der Waals surface area contributed by atoms with Crippen molar-refractivity contribution in [3.8, 4) is 5.69 Å². The van der Waals surface area contributed by atoms with Gasteiger partial charge in [-0.05, 0) is 43.4 Å². The standard InChI is InChI=1S/C21H23N3O2S2/c1-23(2)17(25)13-27-21-22-19-18(15-11-7-4-8-12-16(15)28-19)20(26)24(21)14-9-5-3-6-10-14/h3,5-6,9-10H,4,7-8,11-13H2,1-2H3. The smallest absolute Gasteiger partial charge is 0.267 e. The van der Waals surface area contributed by atoms with Crippen molar-refractivity contribution in [1.82, 2.24) is 14.5 Å². The van der Waals surface area contributed by atoms with Crippen LogP contribution in [0.2, 0.25) is 0 Å². The van der Waals surface area contributed by atoms with Gasteiger partial charge in [-0.1, -0.05) is 36.4 Å². The lowest BCUT2D eigenvalue weighted by atomic mass is 10.1. The molecular weight excluding hydrogens is 390 g/mol. The van der Waals surface area contributed by atoms with Crippen LogP contribution in [0.15, 0.2) is 40.3 Å². The molecule has 0 fully saturated rings. The molecule has 0 aliphatic heterocycles. The van der Waals surface area contributed by atoms with Gasteiger partial charge in [0.1, 0.15) is 4.83 Å². The minimum Gasteiger partial charge on any atom is -0.348 e. The van der Waals surface area contributed by atoms with Crippen molar-refractivity contribution in [3.05, 3.63) is 51.1 Å². The third kappa shape index (κ3) is 3.61. The Bertz CT molecular complexity index is 1070. The van der Waals surface area contributed by atoms with Crippen molar-refractivity contribution < 1.29 is 4.79 Å². The van der Waals surface area contributed by atoms with Gasteiger partial charge in [0.15, 0.2) is 5.16 Å². The molecule has 0 atom stereocenters. The van der Waals surface area contributed by atoms with Crippen LogP contribution in [0.25, 0.3) is 15.9 Å². The molecular formula is C21H23N3O2S2. The second-order valence-corrected chi connectivity index (χ2v) is 9.22. The van der Waals surface area contributed by atoms with Crippen molar-refractivity contribution in [2.45, 2.75) is 37.3 Å². The fourth-order valence-corrected chi connectivity index (χ4v) is 5.81. The van der Waals surface area contributed by atoms with E-state index in [0.29, 0.717) is 5.16 Å². The molecule has 146 valence electrons. The third-order valence-corrected chi connectivity index (χ3v) is 7.16. The maximum absolute atomic E-state index is 13.6. The van der Waals surface area contributed by atoms with Gasteiger partial charge in [-0.2, -0.15) is 0 Å². The number of fused-ring (bicyclic) bond motifs is 3. The second kappa shape index (κ2) is 8.09. The monoisotopic (exact) mass is 413 g/mol. The maximum Gasteiger partial charge on any atom is 0.267 e. The highest BCUT2D eigenvalue weighted by atomic mass is 32.2. The number of carbonyl (C=O) groups excluding carboxylic acids is 1. The Kier molecular flexibility index (Phi) is 5.55. The molecule has 0 radical (unpaired) electrons. The second-order valence-electron chi connectivity index (χ2n) is 7.19. The molecule has 0 N–H and O–H groups in total. The first-order chi connectivity index (χ1) is 13.6. The predicted molar refractivity (Wildman–Crippen MR) is 116 cm³/mol. The van der Waals surface area contributed by atoms with Gasteiger partial charge in [0, 0.05) is 19.0 Å². The predicted octanol–water partition coefficient (Wildman–Crippen LogP) is 3.90. The topological polar surface area (TPSA) is 55.2 Å². The van der Waals surface area contributed by atoms with Crippen molar-refractivity contribution in [3.63, 3.8) is 0 Å². The summed E-state index contributed by atoms with van der Waals surface area (Å²) in [5, 5.41) is 1.35. The van der Waals surface area contributed by atoms with E-state index in [0.717, 1.165) is 35.2 Å². The largest absolute Gasteiger partial charge is 0.348 e. The van der Waals surface area contributed by atoms with Crippen LogP contribution in [0.4, 0.5) is 0 Å². The maximum atomic E-state index is 13.6. The van der Waals surface area contributed by atoms with Gasteiger partial charge in [-0.15, -0.1) is 11.3 Å². The number of hydrogen-bond donors (Lipinski definition) is 0. The number of aromatic nitrogens is 2. The number of nitrogens with zero attached hydrogens (tertiary/aromatic N) is 3. The van der Waals surface area contributed by atoms with Gasteiger partial charge >= 0.3 is 0 Å². The van der Waals surface area contributed by atoms with E-state index in [1.54, 1.807) is 34.9 Å². The van der Waals surface area contributed by atoms with Gasteiger partial charge in [0.25, 0.3) is 5.56 Å². The van der Waals surface area contributed by atoms with Gasteiger partial charge < -0.3 is 4.90 Å². The van der Waals surface area contributed by atoms with Gasteiger partial charge in [-0.25, -0.2) is 4.98 Å². The Labute approximate surface area is 172 Å². The SMILES string of the molecule is CN(C)C(=O)CSc1nc2sc3c(c2c(=O)n1-c1ccccc1)CCCCC3. The quantitative estimate of drug-likeness (QED) is 0.370. The van der Waals surface area contributed by atoms with E-state index < -0.39 is 0 Å². The number of carbonyl (C=O) groups is 1. The highest BCUT2D eigenvalue weighted by molar-refractivity contribution is 7.99. The number of hydrogen-bond acceptors (Lipinski definition) is 5. The first kappa shape index (κ1) is 19.2. The number of aryl methyl sites for hydroxylation is 2. The number of amides is 1. The number of para-hydroxylation sites is 1. The molecule has 0 bridgehead atoms. The van der Waals surface area contributed by atoms with E-state index >= 15 is 0 Å². The summed E-state index contributed by atoms with van der Waals surface area (Å²) in [6, 6.07) is 9.59. The number of thioether (sulfide) groups is 1. The Hall–Kier alpha value is -2.12. The van der Waals surface area contributed by atoms with E-state index in [2.05, 4.69) is 0 Å². The summed E-state index contributed by atoms with van der Waals surface area (Å²) in [6.07, 6.45) is 5.49. The average Bonchev–Trinajstić information content (AvgIpc) is 2.88. The fourth-order valence-electron chi connectivity index (χ4n) is 3.52. The summed E-state index contributed by atoms with van der Waals surface area (Å²) in [5.74, 6) is 0.254. The molecule has 2 heterocycles. The zero-order valence-electron chi connectivity index (χ0n) is 16.1. The Morgan fingerprint density at radius 3 is 2.68 bits per heavy atom. The Morgan fingerprint density at radius 1 is 1.18 bits per heavy atom. The van der Waals surface area contributed by atoms with Crippen LogP contribution in [0.1, 0.15) is 29.7 Å². The number of rotatable bonds is 4. The Balaban J connectivity index is 1.89. The fraction of sp³-hybridized carbons (Fsp3) is 0.381. The summed E-state index contributed by atoms with van der Waals surface area (Å²) < 4.78 is 1.67. The lowest BCUT2D eigenvalue weighted by molar-refractivity contribution is -0.125. The molecule has 7 heteroatoms. The lowest BCUT2D eigenvalue weighted by Crippen LogP contribution is -2.25. The molecule has 0 unspecified atom stereocenters. The normalized spacial score (nSPS) is 13.9. The highest BCUT2D eigenvalue weighted by Crippen LogP contribution is 2.34. The lowest BCUT2D eigenvalue weighted by Gasteiger charge is -2.14. The van der Waals surface area contributed by atoms with E-state index in [1.807, 2.05) is 30.3 Å². The zero-order valence-corrected chi connectivity index (χ0v) is 17.7. The van der Waals surface area contributed by atoms with Crippen molar-refractivity contribution in [2.75, 3.05) is 19.8 Å². The van der Waals surface area contributed by atoms with Crippen LogP contribution in [0, 0.1) is 0 Å². The number of benzene rings is 1. The summed E-state index contributed by atoms with van der Waals surface area (Å²) in [7, 11) is 3.47. The van der Waals surface area contributed by atoms with Crippen molar-refractivity contribution in [1.29, 1.82) is 0 Å². The molecule has 1 aliphatic rings. The average molecular weight is 414 g/mol. The Morgan fingerprint density at radius 2 is 1.93 bits per heavy atom. The minimum absolute atomic E-state index is 0.000851. The molecule has 3 aromatic rings. The van der Waals surface area contributed by atoms with Crippen LogP contribution < -0.4 is 5.56 Å². The van der Waals surface area contributed by atoms with E-state index in [1.165, 1.54) is 35.0 Å². The van der Waals surface area contributed by atoms with Gasteiger partial charge in [0.2, 0.25) is 5.91 Å². The molecule has 2 aromatic heterocycles. The van der Waals surface area contributed by atoms with Crippen LogP contribution in [-0.4, -0.2) is 40.2 Å². The molecule has 0 saturated heterocycles. The summed E-state index contributed by atoms with van der Waals surface area (Å²) in [5.41, 5.74) is 1.96.